The Labute approximate surface area is 174 Å². The van der Waals surface area contributed by atoms with Crippen LogP contribution in [0.4, 0.5) is 11.8 Å². The van der Waals surface area contributed by atoms with Gasteiger partial charge in [-0.1, -0.05) is 30.3 Å². The molecule has 0 bridgehead atoms. The van der Waals surface area contributed by atoms with Gasteiger partial charge in [0.1, 0.15) is 5.82 Å². The minimum absolute atomic E-state index is 0.382. The van der Waals surface area contributed by atoms with Crippen LogP contribution < -0.4 is 20.1 Å². The van der Waals surface area contributed by atoms with Crippen molar-refractivity contribution in [1.29, 1.82) is 0 Å². The number of rotatable bonds is 4. The van der Waals surface area contributed by atoms with E-state index in [9.17, 15) is 0 Å². The van der Waals surface area contributed by atoms with Gasteiger partial charge in [0.2, 0.25) is 5.95 Å². The molecule has 0 saturated carbocycles. The van der Waals surface area contributed by atoms with Crippen LogP contribution in [0.5, 0.6) is 11.5 Å². The fraction of sp³-hybridized carbons (Fsp3) is 0.174. The maximum Gasteiger partial charge on any atom is 0.228 e. The van der Waals surface area contributed by atoms with Crippen LogP contribution in [0.2, 0.25) is 0 Å². The molecule has 2 aromatic heterocycles. The lowest BCUT2D eigenvalue weighted by atomic mass is 10.0. The first-order valence-electron chi connectivity index (χ1n) is 9.65. The van der Waals surface area contributed by atoms with Crippen LogP contribution in [0.3, 0.4) is 0 Å². The number of benzene rings is 2. The van der Waals surface area contributed by atoms with Crippen molar-refractivity contribution in [3.63, 3.8) is 0 Å². The van der Waals surface area contributed by atoms with Crippen LogP contribution in [0.25, 0.3) is 22.2 Å². The van der Waals surface area contributed by atoms with E-state index in [4.69, 9.17) is 20.2 Å². The molecule has 2 N–H and O–H groups in total. The quantitative estimate of drug-likeness (QED) is 0.558. The second-order valence-electron chi connectivity index (χ2n) is 7.13. The Balaban J connectivity index is 1.71. The number of fused-ring (bicyclic) bond motifs is 2. The van der Waals surface area contributed by atoms with Crippen LogP contribution >= 0.6 is 0 Å². The minimum atomic E-state index is 0.382. The van der Waals surface area contributed by atoms with Crippen molar-refractivity contribution < 1.29 is 9.47 Å². The molecular weight excluding hydrogens is 378 g/mol. The molecule has 2 aromatic carbocycles. The summed E-state index contributed by atoms with van der Waals surface area (Å²) in [6.45, 7) is 1.50. The Hall–Kier alpha value is -3.87. The van der Waals surface area contributed by atoms with E-state index < -0.39 is 0 Å². The van der Waals surface area contributed by atoms with E-state index in [0.29, 0.717) is 34.2 Å². The number of nitrogens with two attached hydrogens (primary N) is 1. The number of methoxy groups -OCH3 is 2. The summed E-state index contributed by atoms with van der Waals surface area (Å²) in [5.74, 6) is 2.10. The highest BCUT2D eigenvalue weighted by Crippen LogP contribution is 2.44. The number of hydrogen-bond donors (Lipinski definition) is 1. The van der Waals surface area contributed by atoms with Crippen molar-refractivity contribution >= 4 is 22.7 Å². The van der Waals surface area contributed by atoms with Crippen molar-refractivity contribution in [2.75, 3.05) is 24.9 Å². The van der Waals surface area contributed by atoms with Gasteiger partial charge in [-0.2, -0.15) is 4.98 Å². The van der Waals surface area contributed by atoms with Crippen molar-refractivity contribution in [1.82, 2.24) is 15.0 Å². The maximum atomic E-state index is 6.48. The second kappa shape index (κ2) is 7.18. The van der Waals surface area contributed by atoms with E-state index in [1.807, 2.05) is 36.4 Å². The third-order valence-electron chi connectivity index (χ3n) is 5.39. The molecular formula is C23H21N5O2. The van der Waals surface area contributed by atoms with E-state index in [-0.39, 0.29) is 0 Å². The van der Waals surface area contributed by atoms with Gasteiger partial charge in [-0.25, -0.2) is 4.98 Å². The van der Waals surface area contributed by atoms with Crippen molar-refractivity contribution in [3.05, 3.63) is 65.9 Å². The van der Waals surface area contributed by atoms with Gasteiger partial charge >= 0.3 is 0 Å². The third-order valence-corrected chi connectivity index (χ3v) is 5.39. The van der Waals surface area contributed by atoms with E-state index in [0.717, 1.165) is 24.3 Å². The van der Waals surface area contributed by atoms with E-state index >= 15 is 0 Å². The molecule has 4 aromatic rings. The molecule has 150 valence electrons. The zero-order valence-electron chi connectivity index (χ0n) is 16.8. The standard InChI is InChI=1S/C23H21N5O2/c1-29-18-11-17-20(19(21(18)30-2)16-9-5-6-10-25-16)22(24)27-23(26-17)28-12-14-7-3-4-8-15(14)13-28/h3-11H,12-13H2,1-2H3,(H2,24,26,27). The average molecular weight is 399 g/mol. The number of nitrogen functional groups attached to an aromatic ring is 1. The first-order valence-corrected chi connectivity index (χ1v) is 9.65. The lowest BCUT2D eigenvalue weighted by Crippen LogP contribution is -2.18. The Morgan fingerprint density at radius 2 is 1.67 bits per heavy atom. The van der Waals surface area contributed by atoms with Crippen LogP contribution in [0, 0.1) is 0 Å². The summed E-state index contributed by atoms with van der Waals surface area (Å²) in [5.41, 5.74) is 11.2. The first-order chi connectivity index (χ1) is 14.7. The zero-order chi connectivity index (χ0) is 20.7. The monoisotopic (exact) mass is 399 g/mol. The predicted octanol–water partition coefficient (Wildman–Crippen LogP) is 3.81. The maximum absolute atomic E-state index is 6.48. The Morgan fingerprint density at radius 3 is 2.30 bits per heavy atom. The summed E-state index contributed by atoms with van der Waals surface area (Å²) in [7, 11) is 3.21. The number of hydrogen-bond acceptors (Lipinski definition) is 7. The van der Waals surface area contributed by atoms with Gasteiger partial charge in [-0.15, -0.1) is 0 Å². The highest BCUT2D eigenvalue weighted by Gasteiger charge is 2.25. The molecule has 0 amide bonds. The lowest BCUT2D eigenvalue weighted by Gasteiger charge is -2.19. The van der Waals surface area contributed by atoms with Crippen molar-refractivity contribution in [3.8, 4) is 22.8 Å². The largest absolute Gasteiger partial charge is 0.493 e. The minimum Gasteiger partial charge on any atom is -0.493 e. The summed E-state index contributed by atoms with van der Waals surface area (Å²) in [4.78, 5) is 16.1. The lowest BCUT2D eigenvalue weighted by molar-refractivity contribution is 0.357. The molecule has 5 rings (SSSR count). The summed E-state index contributed by atoms with van der Waals surface area (Å²) < 4.78 is 11.3. The van der Waals surface area contributed by atoms with Gasteiger partial charge in [0.25, 0.3) is 0 Å². The van der Waals surface area contributed by atoms with Gasteiger partial charge in [-0.3, -0.25) is 4.98 Å². The molecule has 0 fully saturated rings. The molecule has 0 aliphatic carbocycles. The molecule has 1 aliphatic rings. The fourth-order valence-corrected chi connectivity index (χ4v) is 4.00. The smallest absolute Gasteiger partial charge is 0.228 e. The highest BCUT2D eigenvalue weighted by atomic mass is 16.5. The van der Waals surface area contributed by atoms with Crippen LogP contribution in [0.15, 0.2) is 54.7 Å². The van der Waals surface area contributed by atoms with E-state index in [2.05, 4.69) is 27.0 Å². The molecule has 0 spiro atoms. The number of nitrogens with zero attached hydrogens (tertiary/aromatic N) is 4. The molecule has 0 saturated heterocycles. The average Bonchev–Trinajstić information content (AvgIpc) is 3.22. The van der Waals surface area contributed by atoms with Gasteiger partial charge in [-0.05, 0) is 23.3 Å². The molecule has 30 heavy (non-hydrogen) atoms. The second-order valence-corrected chi connectivity index (χ2v) is 7.13. The van der Waals surface area contributed by atoms with Crippen LogP contribution in [-0.4, -0.2) is 29.2 Å². The van der Waals surface area contributed by atoms with Gasteiger partial charge in [0, 0.05) is 25.4 Å². The van der Waals surface area contributed by atoms with Gasteiger partial charge in [0.05, 0.1) is 36.4 Å². The highest BCUT2D eigenvalue weighted by molar-refractivity contribution is 6.05. The molecule has 3 heterocycles. The summed E-state index contributed by atoms with van der Waals surface area (Å²) >= 11 is 0. The number of anilines is 2. The summed E-state index contributed by atoms with van der Waals surface area (Å²) in [6, 6.07) is 15.9. The predicted molar refractivity (Wildman–Crippen MR) is 117 cm³/mol. The summed E-state index contributed by atoms with van der Waals surface area (Å²) in [6.07, 6.45) is 1.73. The Kier molecular flexibility index (Phi) is 4.35. The zero-order valence-corrected chi connectivity index (χ0v) is 16.8. The van der Waals surface area contributed by atoms with Gasteiger partial charge < -0.3 is 20.1 Å². The normalized spacial score (nSPS) is 12.8. The fourth-order valence-electron chi connectivity index (χ4n) is 4.00. The number of aromatic nitrogens is 3. The third kappa shape index (κ3) is 2.86. The van der Waals surface area contributed by atoms with Gasteiger partial charge in [0.15, 0.2) is 11.5 Å². The van der Waals surface area contributed by atoms with Crippen molar-refractivity contribution in [2.24, 2.45) is 0 Å². The topological polar surface area (TPSA) is 86.4 Å². The number of pyridine rings is 1. The SMILES string of the molecule is COc1cc2nc(N3Cc4ccccc4C3)nc(N)c2c(-c2ccccn2)c1OC. The molecule has 7 nitrogen and oxygen atoms in total. The molecule has 7 heteroatoms. The first kappa shape index (κ1) is 18.2. The number of ether oxygens (including phenoxy) is 2. The van der Waals surface area contributed by atoms with Crippen LogP contribution in [0.1, 0.15) is 11.1 Å². The van der Waals surface area contributed by atoms with Crippen LogP contribution in [-0.2, 0) is 13.1 Å². The molecule has 0 radical (unpaired) electrons. The Morgan fingerprint density at radius 1 is 0.933 bits per heavy atom. The van der Waals surface area contributed by atoms with E-state index in [1.165, 1.54) is 11.1 Å². The molecule has 0 unspecified atom stereocenters. The molecule has 1 aliphatic heterocycles. The van der Waals surface area contributed by atoms with Crippen molar-refractivity contribution in [2.45, 2.75) is 13.1 Å². The van der Waals surface area contributed by atoms with E-state index in [1.54, 1.807) is 20.4 Å². The summed E-state index contributed by atoms with van der Waals surface area (Å²) in [5, 5.41) is 0.701. The Bertz CT molecular complexity index is 1220. The molecule has 0 atom stereocenters.